The van der Waals surface area contributed by atoms with Gasteiger partial charge >= 0.3 is 6.09 Å². The maximum Gasteiger partial charge on any atom is 0.404 e. The summed E-state index contributed by atoms with van der Waals surface area (Å²) < 4.78 is 1.43. The second kappa shape index (κ2) is 6.69. The number of thiocarbonyl (C=S) groups is 1. The van der Waals surface area contributed by atoms with Gasteiger partial charge in [-0.1, -0.05) is 0 Å². The van der Waals surface area contributed by atoms with E-state index in [9.17, 15) is 4.79 Å². The van der Waals surface area contributed by atoms with Crippen LogP contribution in [0.5, 0.6) is 0 Å². The van der Waals surface area contributed by atoms with Gasteiger partial charge in [0.15, 0.2) is 5.11 Å². The van der Waals surface area contributed by atoms with E-state index in [0.717, 1.165) is 11.4 Å². The van der Waals surface area contributed by atoms with Crippen LogP contribution < -0.4 is 16.0 Å². The Bertz CT molecular complexity index is 498. The Kier molecular flexibility index (Phi) is 5.24. The summed E-state index contributed by atoms with van der Waals surface area (Å²) in [6.45, 7) is 4.24. The molecule has 1 aromatic rings. The van der Waals surface area contributed by atoms with Gasteiger partial charge in [0, 0.05) is 18.8 Å². The van der Waals surface area contributed by atoms with Gasteiger partial charge in [0.2, 0.25) is 5.96 Å². The van der Waals surface area contributed by atoms with Crippen molar-refractivity contribution >= 4 is 29.4 Å². The molecule has 0 aliphatic rings. The third-order valence-electron chi connectivity index (χ3n) is 2.14. The Labute approximate surface area is 115 Å². The van der Waals surface area contributed by atoms with Gasteiger partial charge in [-0.2, -0.15) is 5.10 Å². The number of amides is 1. The number of hydrogen-bond acceptors (Lipinski definition) is 4. The zero-order valence-electron chi connectivity index (χ0n) is 10.6. The number of carboxylic acid groups (broad SMARTS) is 1. The van der Waals surface area contributed by atoms with Gasteiger partial charge in [-0.3, -0.25) is 5.41 Å². The molecule has 0 aliphatic carbocycles. The molecule has 8 nitrogen and oxygen atoms in total. The molecule has 0 saturated carbocycles. The number of carbonyl (C=O) groups is 1. The van der Waals surface area contributed by atoms with E-state index < -0.39 is 6.09 Å². The molecule has 9 heteroatoms. The molecule has 1 rings (SSSR count). The van der Waals surface area contributed by atoms with Gasteiger partial charge in [-0.05, 0) is 32.1 Å². The summed E-state index contributed by atoms with van der Waals surface area (Å²) in [7, 11) is 0. The Morgan fingerprint density at radius 1 is 1.47 bits per heavy atom. The first-order chi connectivity index (χ1) is 8.90. The average molecular weight is 284 g/mol. The molecule has 104 valence electrons. The second-order valence-electron chi connectivity index (χ2n) is 3.80. The molecule has 0 radical (unpaired) electrons. The van der Waals surface area contributed by atoms with Crippen molar-refractivity contribution in [3.63, 3.8) is 0 Å². The molecule has 0 atom stereocenters. The summed E-state index contributed by atoms with van der Waals surface area (Å²) in [6, 6.07) is 1.85. The Morgan fingerprint density at radius 2 is 2.11 bits per heavy atom. The van der Waals surface area contributed by atoms with Crippen LogP contribution in [0.15, 0.2) is 6.07 Å². The van der Waals surface area contributed by atoms with E-state index in [4.69, 9.17) is 22.7 Å². The first kappa shape index (κ1) is 14.9. The lowest BCUT2D eigenvalue weighted by atomic mass is 10.4. The summed E-state index contributed by atoms with van der Waals surface area (Å²) in [5.41, 5.74) is 1.64. The summed E-state index contributed by atoms with van der Waals surface area (Å²) in [4.78, 5) is 10.2. The number of aryl methyl sites for hydroxylation is 2. The fourth-order valence-corrected chi connectivity index (χ4v) is 1.60. The van der Waals surface area contributed by atoms with Crippen molar-refractivity contribution < 1.29 is 9.90 Å². The monoisotopic (exact) mass is 284 g/mol. The lowest BCUT2D eigenvalue weighted by Crippen LogP contribution is -2.44. The lowest BCUT2D eigenvalue weighted by Gasteiger charge is -2.12. The standard InChI is InChI=1S/C10H16N6O2S/c1-6-5-7(2)16(15-6)8(11)14-9(19)12-3-4-13-10(17)18/h5,13H,3-4H2,1-2H3,(H,17,18)(H3,11,12,14,19). The van der Waals surface area contributed by atoms with Crippen LogP contribution in [0.4, 0.5) is 4.79 Å². The lowest BCUT2D eigenvalue weighted by molar-refractivity contribution is 0.194. The van der Waals surface area contributed by atoms with Crippen molar-refractivity contribution in [2.24, 2.45) is 0 Å². The quantitative estimate of drug-likeness (QED) is 0.231. The molecule has 1 heterocycles. The largest absolute Gasteiger partial charge is 0.465 e. The zero-order chi connectivity index (χ0) is 14.4. The molecule has 5 N–H and O–H groups in total. The Morgan fingerprint density at radius 3 is 2.63 bits per heavy atom. The summed E-state index contributed by atoms with van der Waals surface area (Å²) in [5.74, 6) is 0.0364. The number of hydrogen-bond donors (Lipinski definition) is 5. The van der Waals surface area contributed by atoms with E-state index in [-0.39, 0.29) is 17.6 Å². The van der Waals surface area contributed by atoms with E-state index in [1.807, 2.05) is 19.9 Å². The minimum Gasteiger partial charge on any atom is -0.465 e. The molecule has 1 aromatic heterocycles. The van der Waals surface area contributed by atoms with E-state index in [0.29, 0.717) is 6.54 Å². The van der Waals surface area contributed by atoms with E-state index >= 15 is 0 Å². The molecule has 19 heavy (non-hydrogen) atoms. The van der Waals surface area contributed by atoms with Crippen LogP contribution in [0.2, 0.25) is 0 Å². The van der Waals surface area contributed by atoms with Gasteiger partial charge in [-0.25, -0.2) is 9.48 Å². The van der Waals surface area contributed by atoms with Gasteiger partial charge < -0.3 is 21.1 Å². The molecular formula is C10H16N6O2S. The zero-order valence-corrected chi connectivity index (χ0v) is 11.5. The fourth-order valence-electron chi connectivity index (χ4n) is 1.41. The maximum absolute atomic E-state index is 10.2. The predicted octanol–water partition coefficient (Wildman–Crippen LogP) is 0.0145. The Hall–Kier alpha value is -2.16. The first-order valence-corrected chi connectivity index (χ1v) is 5.95. The highest BCUT2D eigenvalue weighted by Crippen LogP contribution is 1.99. The van der Waals surface area contributed by atoms with E-state index in [1.165, 1.54) is 4.68 Å². The highest BCUT2D eigenvalue weighted by atomic mass is 32.1. The van der Waals surface area contributed by atoms with E-state index in [1.54, 1.807) is 0 Å². The van der Waals surface area contributed by atoms with Crippen LogP contribution in [-0.4, -0.2) is 45.1 Å². The van der Waals surface area contributed by atoms with Crippen LogP contribution in [0.1, 0.15) is 11.4 Å². The fraction of sp³-hybridized carbons (Fsp3) is 0.400. The third kappa shape index (κ3) is 4.92. The SMILES string of the molecule is Cc1cc(C)n(C(=N)NC(=S)NCCNC(=O)O)n1. The minimum absolute atomic E-state index is 0.0364. The number of rotatable bonds is 3. The molecule has 0 saturated heterocycles. The summed E-state index contributed by atoms with van der Waals surface area (Å²) >= 11 is 4.98. The van der Waals surface area contributed by atoms with Gasteiger partial charge in [0.05, 0.1) is 5.69 Å². The Balaban J connectivity index is 2.38. The van der Waals surface area contributed by atoms with Crippen LogP contribution >= 0.6 is 12.2 Å². The van der Waals surface area contributed by atoms with Crippen LogP contribution in [-0.2, 0) is 0 Å². The van der Waals surface area contributed by atoms with Crippen LogP contribution in [0.25, 0.3) is 0 Å². The van der Waals surface area contributed by atoms with Crippen molar-refractivity contribution in [2.75, 3.05) is 13.1 Å². The molecule has 0 fully saturated rings. The van der Waals surface area contributed by atoms with Crippen molar-refractivity contribution in [2.45, 2.75) is 13.8 Å². The summed E-state index contributed by atoms with van der Waals surface area (Å²) in [6.07, 6.45) is -1.09. The van der Waals surface area contributed by atoms with Gasteiger partial charge in [-0.15, -0.1) is 0 Å². The number of nitrogens with one attached hydrogen (secondary N) is 4. The highest BCUT2D eigenvalue weighted by Gasteiger charge is 2.07. The molecule has 1 amide bonds. The molecule has 0 aromatic carbocycles. The second-order valence-corrected chi connectivity index (χ2v) is 4.21. The van der Waals surface area contributed by atoms with Crippen LogP contribution in [0, 0.1) is 19.3 Å². The van der Waals surface area contributed by atoms with Crippen molar-refractivity contribution in [3.05, 3.63) is 17.5 Å². The number of aromatic nitrogens is 2. The molecular weight excluding hydrogens is 268 g/mol. The van der Waals surface area contributed by atoms with Gasteiger partial charge in [0.1, 0.15) is 0 Å². The van der Waals surface area contributed by atoms with Crippen molar-refractivity contribution in [1.29, 1.82) is 5.41 Å². The number of nitrogens with zero attached hydrogens (tertiary/aromatic N) is 2. The smallest absolute Gasteiger partial charge is 0.404 e. The van der Waals surface area contributed by atoms with Crippen molar-refractivity contribution in [1.82, 2.24) is 25.7 Å². The predicted molar refractivity (Wildman–Crippen MR) is 74.6 cm³/mol. The molecule has 0 aliphatic heterocycles. The van der Waals surface area contributed by atoms with E-state index in [2.05, 4.69) is 21.0 Å². The van der Waals surface area contributed by atoms with Gasteiger partial charge in [0.25, 0.3) is 0 Å². The highest BCUT2D eigenvalue weighted by molar-refractivity contribution is 7.80. The van der Waals surface area contributed by atoms with Crippen molar-refractivity contribution in [3.8, 4) is 0 Å². The van der Waals surface area contributed by atoms with Crippen LogP contribution in [0.3, 0.4) is 0 Å². The molecule has 0 bridgehead atoms. The molecule has 0 spiro atoms. The average Bonchev–Trinajstić information content (AvgIpc) is 2.64. The maximum atomic E-state index is 10.2. The third-order valence-corrected chi connectivity index (χ3v) is 2.39. The topological polar surface area (TPSA) is 115 Å². The summed E-state index contributed by atoms with van der Waals surface area (Å²) in [5, 5.41) is 28.2. The normalized spacial score (nSPS) is 9.79. The minimum atomic E-state index is -1.09. The molecule has 0 unspecified atom stereocenters. The first-order valence-electron chi connectivity index (χ1n) is 5.54.